The number of rotatable bonds is 11. The second kappa shape index (κ2) is 21.6. The Morgan fingerprint density at radius 1 is 0.816 bits per heavy atom. The smallest absolute Gasteiger partial charge is 0.300 e. The number of carboxylic acid groups (broad SMARTS) is 1. The molecule has 1 aromatic rings. The van der Waals surface area contributed by atoms with Crippen molar-refractivity contribution in [2.75, 3.05) is 0 Å². The van der Waals surface area contributed by atoms with Gasteiger partial charge in [0.15, 0.2) is 0 Å². The van der Waals surface area contributed by atoms with Gasteiger partial charge in [-0.2, -0.15) is 0 Å². The molecule has 0 aliphatic carbocycles. The standard InChI is InChI=1S/C23H37N3.C8H6.C2H4O2/c1-5-6-7-8-9-10-11-12-21-24-22(26-23(3,4)25-21)18-17-20-15-13-19(2)14-16-20;1-3-5-7-8-6-4-2;1-2(3)4/h13-16H,5-12,17-18H2,1-4H3,(H,24,25,26);1-2H3;1H3,(H,3,4). The lowest BCUT2D eigenvalue weighted by Gasteiger charge is -2.26. The Labute approximate surface area is 232 Å². The molecule has 1 heterocycles. The first-order chi connectivity index (χ1) is 18.1. The van der Waals surface area contributed by atoms with E-state index < -0.39 is 5.97 Å². The van der Waals surface area contributed by atoms with E-state index in [1.807, 2.05) is 0 Å². The summed E-state index contributed by atoms with van der Waals surface area (Å²) in [6.45, 7) is 13.2. The third-order valence-electron chi connectivity index (χ3n) is 5.33. The van der Waals surface area contributed by atoms with Gasteiger partial charge in [-0.3, -0.25) is 4.79 Å². The van der Waals surface area contributed by atoms with Crippen LogP contribution in [0.3, 0.4) is 0 Å². The zero-order valence-electron chi connectivity index (χ0n) is 24.6. The minimum absolute atomic E-state index is 0.329. The number of aliphatic imine (C=N–C) groups is 2. The van der Waals surface area contributed by atoms with Crippen LogP contribution in [0.25, 0.3) is 0 Å². The topological polar surface area (TPSA) is 74.0 Å². The Morgan fingerprint density at radius 3 is 1.79 bits per heavy atom. The van der Waals surface area contributed by atoms with Gasteiger partial charge in [0.25, 0.3) is 5.97 Å². The lowest BCUT2D eigenvalue weighted by Crippen LogP contribution is -2.39. The monoisotopic (exact) mass is 517 g/mol. The molecule has 5 heteroatoms. The van der Waals surface area contributed by atoms with Crippen LogP contribution in [-0.4, -0.2) is 28.4 Å². The van der Waals surface area contributed by atoms with Gasteiger partial charge in [0, 0.05) is 19.8 Å². The zero-order valence-corrected chi connectivity index (χ0v) is 24.6. The maximum absolute atomic E-state index is 9.00. The second-order valence-electron chi connectivity index (χ2n) is 9.61. The number of carboxylic acids is 1. The Kier molecular flexibility index (Phi) is 19.6. The number of aryl methyl sites for hydroxylation is 2. The average Bonchev–Trinajstić information content (AvgIpc) is 2.85. The van der Waals surface area contributed by atoms with Crippen molar-refractivity contribution in [3.63, 3.8) is 0 Å². The molecular weight excluding hydrogens is 470 g/mol. The van der Waals surface area contributed by atoms with Crippen LogP contribution in [-0.2, 0) is 11.2 Å². The summed E-state index contributed by atoms with van der Waals surface area (Å²) in [4.78, 5) is 18.6. The highest BCUT2D eigenvalue weighted by Crippen LogP contribution is 2.18. The van der Waals surface area contributed by atoms with Gasteiger partial charge in [0.2, 0.25) is 0 Å². The van der Waals surface area contributed by atoms with Crippen LogP contribution in [0.1, 0.15) is 110 Å². The molecule has 0 amide bonds. The molecule has 0 radical (unpaired) electrons. The minimum Gasteiger partial charge on any atom is -0.481 e. The van der Waals surface area contributed by atoms with E-state index in [2.05, 4.69) is 92.8 Å². The van der Waals surface area contributed by atoms with Gasteiger partial charge in [0.05, 0.1) is 0 Å². The van der Waals surface area contributed by atoms with Gasteiger partial charge in [-0.25, -0.2) is 9.98 Å². The predicted molar refractivity (Wildman–Crippen MR) is 162 cm³/mol. The lowest BCUT2D eigenvalue weighted by molar-refractivity contribution is -0.134. The molecule has 38 heavy (non-hydrogen) atoms. The Morgan fingerprint density at radius 2 is 1.29 bits per heavy atom. The van der Waals surface area contributed by atoms with Crippen molar-refractivity contribution in [3.8, 4) is 35.5 Å². The number of nitrogens with zero attached hydrogens (tertiary/aromatic N) is 2. The van der Waals surface area contributed by atoms with Crippen molar-refractivity contribution < 1.29 is 9.90 Å². The maximum Gasteiger partial charge on any atom is 0.300 e. The fraction of sp³-hybridized carbons (Fsp3) is 0.545. The quantitative estimate of drug-likeness (QED) is 0.238. The van der Waals surface area contributed by atoms with Gasteiger partial charge in [0.1, 0.15) is 17.3 Å². The first-order valence-corrected chi connectivity index (χ1v) is 13.7. The summed E-state index contributed by atoms with van der Waals surface area (Å²) >= 11 is 0. The van der Waals surface area contributed by atoms with Crippen LogP contribution >= 0.6 is 0 Å². The summed E-state index contributed by atoms with van der Waals surface area (Å²) in [5, 5.41) is 10.9. The minimum atomic E-state index is -0.833. The van der Waals surface area contributed by atoms with Gasteiger partial charge in [-0.15, -0.1) is 0 Å². The molecule has 0 saturated carbocycles. The largest absolute Gasteiger partial charge is 0.481 e. The second-order valence-corrected chi connectivity index (χ2v) is 9.61. The third-order valence-corrected chi connectivity index (χ3v) is 5.33. The SMILES string of the molecule is CC#CC#CC#CC.CC(=O)O.CCCCCCCCCC1=NC(C)(C)N=C(CCc2ccc(C)cc2)N1. The third kappa shape index (κ3) is 20.7. The molecule has 1 aliphatic heterocycles. The number of aliphatic carboxylic acids is 1. The van der Waals surface area contributed by atoms with Gasteiger partial charge in [-0.05, 0) is 76.7 Å². The molecule has 0 fully saturated rings. The fourth-order valence-electron chi connectivity index (χ4n) is 3.60. The molecule has 0 saturated heterocycles. The molecule has 0 atom stereocenters. The Balaban J connectivity index is 0.000000951. The average molecular weight is 518 g/mol. The van der Waals surface area contributed by atoms with Crippen LogP contribution in [0.15, 0.2) is 34.3 Å². The van der Waals surface area contributed by atoms with Crippen molar-refractivity contribution >= 4 is 17.6 Å². The van der Waals surface area contributed by atoms with Crippen LogP contribution in [0.4, 0.5) is 0 Å². The molecule has 1 aliphatic rings. The maximum atomic E-state index is 9.00. The van der Waals surface area contributed by atoms with Gasteiger partial charge in [-0.1, -0.05) is 87.1 Å². The van der Waals surface area contributed by atoms with Crippen molar-refractivity contribution in [3.05, 3.63) is 35.4 Å². The molecule has 2 rings (SSSR count). The van der Waals surface area contributed by atoms with E-state index in [9.17, 15) is 0 Å². The summed E-state index contributed by atoms with van der Waals surface area (Å²) in [6.07, 6.45) is 12.4. The number of hydrogen-bond acceptors (Lipinski definition) is 4. The summed E-state index contributed by atoms with van der Waals surface area (Å²) in [5.74, 6) is 16.9. The molecular formula is C33H47N3O2. The van der Waals surface area contributed by atoms with Gasteiger partial charge < -0.3 is 10.4 Å². The Bertz CT molecular complexity index is 1030. The van der Waals surface area contributed by atoms with Crippen LogP contribution in [0.2, 0.25) is 0 Å². The lowest BCUT2D eigenvalue weighted by atomic mass is 10.1. The number of benzene rings is 1. The Hall–Kier alpha value is -3.49. The molecule has 5 nitrogen and oxygen atoms in total. The first-order valence-electron chi connectivity index (χ1n) is 13.7. The highest BCUT2D eigenvalue weighted by Gasteiger charge is 2.22. The van der Waals surface area contributed by atoms with Crippen molar-refractivity contribution in [1.82, 2.24) is 5.32 Å². The number of hydrogen-bond donors (Lipinski definition) is 2. The molecule has 0 spiro atoms. The summed E-state index contributed by atoms with van der Waals surface area (Å²) in [7, 11) is 0. The number of nitrogens with one attached hydrogen (secondary N) is 1. The number of carbonyl (C=O) groups is 1. The van der Waals surface area contributed by atoms with E-state index in [0.717, 1.165) is 37.9 Å². The van der Waals surface area contributed by atoms with E-state index in [1.165, 1.54) is 56.1 Å². The van der Waals surface area contributed by atoms with Crippen molar-refractivity contribution in [2.24, 2.45) is 9.98 Å². The van der Waals surface area contributed by atoms with E-state index >= 15 is 0 Å². The summed E-state index contributed by atoms with van der Waals surface area (Å²) in [5.41, 5.74) is 2.35. The fourth-order valence-corrected chi connectivity index (χ4v) is 3.60. The highest BCUT2D eigenvalue weighted by atomic mass is 16.4. The van der Waals surface area contributed by atoms with Crippen LogP contribution < -0.4 is 5.32 Å². The first kappa shape index (κ1) is 34.5. The zero-order chi connectivity index (χ0) is 28.7. The van der Waals surface area contributed by atoms with E-state index in [0.29, 0.717) is 0 Å². The molecule has 206 valence electrons. The van der Waals surface area contributed by atoms with Crippen LogP contribution in [0, 0.1) is 42.4 Å². The molecule has 0 unspecified atom stereocenters. The van der Waals surface area contributed by atoms with E-state index in [-0.39, 0.29) is 5.66 Å². The van der Waals surface area contributed by atoms with Gasteiger partial charge >= 0.3 is 0 Å². The predicted octanol–water partition coefficient (Wildman–Crippen LogP) is 7.33. The van der Waals surface area contributed by atoms with E-state index in [1.54, 1.807) is 13.8 Å². The van der Waals surface area contributed by atoms with E-state index in [4.69, 9.17) is 19.9 Å². The molecule has 0 bridgehead atoms. The normalized spacial score (nSPS) is 12.4. The van der Waals surface area contributed by atoms with Crippen LogP contribution in [0.5, 0.6) is 0 Å². The van der Waals surface area contributed by atoms with Crippen molar-refractivity contribution in [1.29, 1.82) is 0 Å². The molecule has 2 N–H and O–H groups in total. The highest BCUT2D eigenvalue weighted by molar-refractivity contribution is 6.02. The van der Waals surface area contributed by atoms with Crippen molar-refractivity contribution in [2.45, 2.75) is 118 Å². The molecule has 0 aromatic heterocycles. The number of unbranched alkanes of at least 4 members (excludes halogenated alkanes) is 6. The molecule has 1 aromatic carbocycles. The summed E-state index contributed by atoms with van der Waals surface area (Å²) in [6, 6.07) is 8.81. The number of amidine groups is 2. The summed E-state index contributed by atoms with van der Waals surface area (Å²) < 4.78 is 0.